The largest absolute Gasteiger partial charge is 0.487 e. The van der Waals surface area contributed by atoms with Crippen LogP contribution < -0.4 is 15.4 Å². The molecule has 0 unspecified atom stereocenters. The van der Waals surface area contributed by atoms with E-state index in [1.165, 1.54) is 18.3 Å². The highest BCUT2D eigenvalue weighted by atomic mass is 35.5. The van der Waals surface area contributed by atoms with Gasteiger partial charge in [0.25, 0.3) is 12.3 Å². The molecule has 0 aliphatic rings. The van der Waals surface area contributed by atoms with Gasteiger partial charge in [-0.1, -0.05) is 61.6 Å². The fraction of sp³-hybridized carbons (Fsp3) is 0.333. The highest BCUT2D eigenvalue weighted by Crippen LogP contribution is 2.33. The zero-order chi connectivity index (χ0) is 31.6. The first-order valence-corrected chi connectivity index (χ1v) is 14.4. The van der Waals surface area contributed by atoms with Crippen LogP contribution in [0.25, 0.3) is 11.0 Å². The topological polar surface area (TPSA) is 98.1 Å². The first kappa shape index (κ1) is 32.4. The third-order valence-corrected chi connectivity index (χ3v) is 7.71. The van der Waals surface area contributed by atoms with E-state index in [0.29, 0.717) is 48.6 Å². The number of imidazole rings is 1. The number of halogens is 5. The normalized spacial score (nSPS) is 11.7. The zero-order valence-corrected chi connectivity index (χ0v) is 26.4. The molecular weight excluding hydrogens is 623 g/mol. The molecule has 0 bridgehead atoms. The second-order valence-electron chi connectivity index (χ2n) is 11.0. The van der Waals surface area contributed by atoms with Crippen LogP contribution in [0.2, 0.25) is 15.1 Å². The molecule has 4 aromatic rings. The Morgan fingerprint density at radius 2 is 1.84 bits per heavy atom. The Morgan fingerprint density at radius 3 is 2.49 bits per heavy atom. The number of ether oxygens (including phenoxy) is 1. The molecule has 43 heavy (non-hydrogen) atoms. The van der Waals surface area contributed by atoms with Crippen molar-refractivity contribution in [1.29, 1.82) is 0 Å². The molecule has 2 amide bonds. The molecule has 2 heterocycles. The summed E-state index contributed by atoms with van der Waals surface area (Å²) >= 11 is 19.2. The van der Waals surface area contributed by atoms with Crippen molar-refractivity contribution in [2.45, 2.75) is 47.1 Å². The number of carbonyl (C=O) groups is 2. The van der Waals surface area contributed by atoms with Crippen LogP contribution >= 0.6 is 34.8 Å². The minimum Gasteiger partial charge on any atom is -0.487 e. The Kier molecular flexibility index (Phi) is 9.83. The van der Waals surface area contributed by atoms with E-state index in [0.717, 1.165) is 0 Å². The third kappa shape index (κ3) is 7.55. The number of nitrogens with one attached hydrogen (secondary N) is 2. The maximum atomic E-state index is 13.3. The molecule has 0 fully saturated rings. The number of benzene rings is 2. The van der Waals surface area contributed by atoms with Crippen LogP contribution in [-0.2, 0) is 24.8 Å². The molecule has 228 valence electrons. The number of rotatable bonds is 9. The number of hydrogen-bond donors (Lipinski definition) is 2. The Morgan fingerprint density at radius 1 is 1.12 bits per heavy atom. The second kappa shape index (κ2) is 13.0. The highest BCUT2D eigenvalue weighted by molar-refractivity contribution is 6.36. The van der Waals surface area contributed by atoms with E-state index in [1.54, 1.807) is 36.7 Å². The van der Waals surface area contributed by atoms with E-state index < -0.39 is 24.4 Å². The first-order chi connectivity index (χ1) is 20.1. The first-order valence-electron chi connectivity index (χ1n) is 13.2. The van der Waals surface area contributed by atoms with Gasteiger partial charge in [-0.2, -0.15) is 0 Å². The van der Waals surface area contributed by atoms with Crippen LogP contribution in [0.5, 0.6) is 5.75 Å². The molecule has 0 atom stereocenters. The van der Waals surface area contributed by atoms with Gasteiger partial charge in [0.05, 0.1) is 26.6 Å². The predicted octanol–water partition coefficient (Wildman–Crippen LogP) is 7.39. The van der Waals surface area contributed by atoms with Crippen LogP contribution in [0.15, 0.2) is 36.5 Å². The van der Waals surface area contributed by atoms with Crippen molar-refractivity contribution in [3.8, 4) is 5.75 Å². The number of hydrogen-bond acceptors (Lipinski definition) is 5. The summed E-state index contributed by atoms with van der Waals surface area (Å²) in [4.78, 5) is 34.5. The molecule has 0 saturated carbocycles. The fourth-order valence-electron chi connectivity index (χ4n) is 4.27. The molecule has 0 aliphatic carbocycles. The third-order valence-electron chi connectivity index (χ3n) is 6.68. The molecule has 0 spiro atoms. The van der Waals surface area contributed by atoms with E-state index >= 15 is 0 Å². The fourth-order valence-corrected chi connectivity index (χ4v) is 5.05. The number of fused-ring (bicyclic) bond motifs is 1. The summed E-state index contributed by atoms with van der Waals surface area (Å²) in [7, 11) is 1.75. The number of nitrogens with zero attached hydrogens (tertiary/aromatic N) is 3. The van der Waals surface area contributed by atoms with E-state index in [-0.39, 0.29) is 36.0 Å². The van der Waals surface area contributed by atoms with Gasteiger partial charge < -0.3 is 19.9 Å². The Hall–Kier alpha value is -3.47. The lowest BCUT2D eigenvalue weighted by atomic mass is 9.95. The van der Waals surface area contributed by atoms with Gasteiger partial charge in [-0.05, 0) is 41.8 Å². The summed E-state index contributed by atoms with van der Waals surface area (Å²) in [6, 6.07) is 8.06. The summed E-state index contributed by atoms with van der Waals surface area (Å²) < 4.78 is 33.3. The summed E-state index contributed by atoms with van der Waals surface area (Å²) in [5.74, 6) is 0.0229. The summed E-state index contributed by atoms with van der Waals surface area (Å²) in [6.07, 6.45) is -1.15. The average molecular weight is 653 g/mol. The zero-order valence-electron chi connectivity index (χ0n) is 24.1. The molecule has 4 rings (SSSR count). The molecule has 0 radical (unpaired) electrons. The Labute approximate surface area is 262 Å². The molecule has 0 saturated heterocycles. The van der Waals surface area contributed by atoms with Crippen molar-refractivity contribution in [2.75, 3.05) is 11.9 Å². The van der Waals surface area contributed by atoms with Crippen molar-refractivity contribution in [3.05, 3.63) is 79.7 Å². The summed E-state index contributed by atoms with van der Waals surface area (Å²) in [5, 5.41) is 6.77. The van der Waals surface area contributed by atoms with Crippen LogP contribution in [0.3, 0.4) is 0 Å². The van der Waals surface area contributed by atoms with Gasteiger partial charge in [0.1, 0.15) is 24.0 Å². The van der Waals surface area contributed by atoms with Crippen molar-refractivity contribution < 1.29 is 23.1 Å². The molecule has 2 aromatic heterocycles. The maximum absolute atomic E-state index is 13.3. The summed E-state index contributed by atoms with van der Waals surface area (Å²) in [5.41, 5.74) is 2.30. The van der Waals surface area contributed by atoms with Crippen molar-refractivity contribution in [1.82, 2.24) is 19.9 Å². The lowest BCUT2D eigenvalue weighted by Crippen LogP contribution is -2.34. The number of anilines is 1. The molecular formula is C30H30Cl3F2N5O3. The average Bonchev–Trinajstić information content (AvgIpc) is 3.23. The van der Waals surface area contributed by atoms with Crippen LogP contribution in [0, 0.1) is 12.3 Å². The van der Waals surface area contributed by atoms with Gasteiger partial charge in [-0.25, -0.2) is 18.7 Å². The van der Waals surface area contributed by atoms with Gasteiger partial charge >= 0.3 is 0 Å². The number of alkyl halides is 2. The number of aryl methyl sites for hydroxylation is 2. The van der Waals surface area contributed by atoms with E-state index in [1.807, 2.05) is 20.8 Å². The van der Waals surface area contributed by atoms with E-state index in [9.17, 15) is 18.4 Å². The van der Waals surface area contributed by atoms with Crippen LogP contribution in [0.1, 0.15) is 53.6 Å². The number of carbonyl (C=O) groups excluding carboxylic acids is 2. The van der Waals surface area contributed by atoms with Crippen LogP contribution in [0.4, 0.5) is 14.6 Å². The highest BCUT2D eigenvalue weighted by Gasteiger charge is 2.23. The maximum Gasteiger partial charge on any atom is 0.272 e. The SMILES string of the molecule is Cc1cc(Cl)cnc1NC(=O)c1cc2nc(Cc3c(Cl)ccc(CNC(=O)C(C)(C)C)c3Cl)n(C)c2cc1OCC(F)F. The quantitative estimate of drug-likeness (QED) is 0.197. The lowest BCUT2D eigenvalue weighted by Gasteiger charge is -2.18. The summed E-state index contributed by atoms with van der Waals surface area (Å²) in [6.45, 7) is 6.48. The molecule has 2 aromatic carbocycles. The monoisotopic (exact) mass is 651 g/mol. The van der Waals surface area contributed by atoms with Crippen LogP contribution in [-0.4, -0.2) is 39.4 Å². The van der Waals surface area contributed by atoms with Gasteiger partial charge in [0.15, 0.2) is 0 Å². The van der Waals surface area contributed by atoms with Crippen molar-refractivity contribution >= 4 is 63.5 Å². The Balaban J connectivity index is 1.69. The molecule has 0 aliphatic heterocycles. The Bertz CT molecular complexity index is 1700. The van der Waals surface area contributed by atoms with Gasteiger partial charge in [-0.3, -0.25) is 9.59 Å². The molecule has 2 N–H and O–H groups in total. The minimum absolute atomic E-state index is 0.00148. The van der Waals surface area contributed by atoms with E-state index in [2.05, 4.69) is 15.6 Å². The number of aromatic nitrogens is 3. The predicted molar refractivity (Wildman–Crippen MR) is 165 cm³/mol. The lowest BCUT2D eigenvalue weighted by molar-refractivity contribution is -0.128. The standard InChI is InChI=1S/C30H30Cl3F2N5O3/c1-15-8-17(31)13-36-27(15)39-28(41)19-9-21-22(11-23(19)43-14-24(34)35)40(5)25(38-21)10-18-20(32)7-6-16(26(18)33)12-37-29(42)30(2,3)4/h6-9,11,13,24H,10,12,14H2,1-5H3,(H,37,42)(H,36,39,41). The van der Waals surface area contributed by atoms with Gasteiger partial charge in [0.2, 0.25) is 5.91 Å². The smallest absolute Gasteiger partial charge is 0.272 e. The molecule has 13 heteroatoms. The van der Waals surface area contributed by atoms with Gasteiger partial charge in [-0.15, -0.1) is 0 Å². The minimum atomic E-state index is -2.75. The van der Waals surface area contributed by atoms with Crippen molar-refractivity contribution in [2.24, 2.45) is 12.5 Å². The number of amides is 2. The van der Waals surface area contributed by atoms with Crippen molar-refractivity contribution in [3.63, 3.8) is 0 Å². The van der Waals surface area contributed by atoms with E-state index in [4.69, 9.17) is 44.5 Å². The number of pyridine rings is 1. The second-order valence-corrected chi connectivity index (χ2v) is 12.2. The molecule has 8 nitrogen and oxygen atoms in total. The van der Waals surface area contributed by atoms with Gasteiger partial charge in [0, 0.05) is 42.7 Å².